The number of amides is 1. The van der Waals surface area contributed by atoms with Crippen LogP contribution in [0.2, 0.25) is 0 Å². The van der Waals surface area contributed by atoms with Crippen LogP contribution in [0.5, 0.6) is 0 Å². The zero-order chi connectivity index (χ0) is 18.4. The standard InChI is InChI=1S/C20H26N4O/c1-6-10-21-18-11-17(22-12-23-18)20(25)24-19-15(13(2)3)8-7-9-16(19)14(4)5/h6-9,11-14H,1,10H2,2-5H3,(H,24,25)(H,21,22,23). The first kappa shape index (κ1) is 18.6. The Balaban J connectivity index is 2.33. The maximum Gasteiger partial charge on any atom is 0.274 e. The van der Waals surface area contributed by atoms with Gasteiger partial charge in [0.1, 0.15) is 17.8 Å². The molecule has 5 nitrogen and oxygen atoms in total. The van der Waals surface area contributed by atoms with Crippen molar-refractivity contribution in [1.82, 2.24) is 9.97 Å². The third kappa shape index (κ3) is 4.66. The maximum atomic E-state index is 12.7. The molecule has 0 aliphatic carbocycles. The summed E-state index contributed by atoms with van der Waals surface area (Å²) in [6, 6.07) is 7.81. The molecule has 2 N–H and O–H groups in total. The van der Waals surface area contributed by atoms with E-state index in [2.05, 4.69) is 67.0 Å². The monoisotopic (exact) mass is 338 g/mol. The minimum absolute atomic E-state index is 0.237. The summed E-state index contributed by atoms with van der Waals surface area (Å²) in [6.45, 7) is 12.7. The Kier molecular flexibility index (Phi) is 6.28. The largest absolute Gasteiger partial charge is 0.366 e. The lowest BCUT2D eigenvalue weighted by Gasteiger charge is -2.20. The smallest absolute Gasteiger partial charge is 0.274 e. The second kappa shape index (κ2) is 8.42. The molecule has 2 rings (SSSR count). The van der Waals surface area contributed by atoms with Gasteiger partial charge in [-0.2, -0.15) is 0 Å². The van der Waals surface area contributed by atoms with Crippen LogP contribution in [0.4, 0.5) is 11.5 Å². The fraction of sp³-hybridized carbons (Fsp3) is 0.350. The van der Waals surface area contributed by atoms with Crippen LogP contribution in [0.3, 0.4) is 0 Å². The van der Waals surface area contributed by atoms with E-state index >= 15 is 0 Å². The van der Waals surface area contributed by atoms with Crippen LogP contribution < -0.4 is 10.6 Å². The Labute approximate surface area is 149 Å². The van der Waals surface area contributed by atoms with Gasteiger partial charge in [0.25, 0.3) is 5.91 Å². The number of nitrogens with one attached hydrogen (secondary N) is 2. The highest BCUT2D eigenvalue weighted by Gasteiger charge is 2.17. The van der Waals surface area contributed by atoms with E-state index in [9.17, 15) is 4.79 Å². The van der Waals surface area contributed by atoms with Gasteiger partial charge in [0.05, 0.1) is 0 Å². The van der Waals surface area contributed by atoms with Crippen LogP contribution in [0.1, 0.15) is 61.1 Å². The molecule has 0 saturated heterocycles. The van der Waals surface area contributed by atoms with Gasteiger partial charge >= 0.3 is 0 Å². The fourth-order valence-corrected chi connectivity index (χ4v) is 2.63. The Hall–Kier alpha value is -2.69. The minimum Gasteiger partial charge on any atom is -0.366 e. The molecule has 0 spiro atoms. The van der Waals surface area contributed by atoms with E-state index in [0.717, 1.165) is 16.8 Å². The summed E-state index contributed by atoms with van der Waals surface area (Å²) in [7, 11) is 0. The highest BCUT2D eigenvalue weighted by molar-refractivity contribution is 6.04. The molecule has 5 heteroatoms. The SMILES string of the molecule is C=CCNc1cc(C(=O)Nc2c(C(C)C)cccc2C(C)C)ncn1. The normalized spacial score (nSPS) is 10.8. The van der Waals surface area contributed by atoms with Crippen molar-refractivity contribution in [2.75, 3.05) is 17.2 Å². The molecule has 1 heterocycles. The van der Waals surface area contributed by atoms with Crippen LogP contribution >= 0.6 is 0 Å². The van der Waals surface area contributed by atoms with Crippen molar-refractivity contribution in [1.29, 1.82) is 0 Å². The van der Waals surface area contributed by atoms with E-state index in [1.165, 1.54) is 6.33 Å². The van der Waals surface area contributed by atoms with Gasteiger partial charge in [0.15, 0.2) is 0 Å². The van der Waals surface area contributed by atoms with Crippen LogP contribution in [0.15, 0.2) is 43.2 Å². The highest BCUT2D eigenvalue weighted by atomic mass is 16.1. The van der Waals surface area contributed by atoms with Gasteiger partial charge < -0.3 is 10.6 Å². The van der Waals surface area contributed by atoms with Gasteiger partial charge in [0, 0.05) is 18.3 Å². The molecule has 1 aromatic carbocycles. The summed E-state index contributed by atoms with van der Waals surface area (Å²) in [6.07, 6.45) is 3.12. The molecule has 25 heavy (non-hydrogen) atoms. The second-order valence-corrected chi connectivity index (χ2v) is 6.53. The van der Waals surface area contributed by atoms with E-state index in [0.29, 0.717) is 29.9 Å². The first-order chi connectivity index (χ1) is 11.9. The second-order valence-electron chi connectivity index (χ2n) is 6.53. The summed E-state index contributed by atoms with van der Waals surface area (Å²) in [5.74, 6) is 0.980. The number of benzene rings is 1. The summed E-state index contributed by atoms with van der Waals surface area (Å²) >= 11 is 0. The molecule has 1 aromatic heterocycles. The number of carbonyl (C=O) groups is 1. The highest BCUT2D eigenvalue weighted by Crippen LogP contribution is 2.32. The van der Waals surface area contributed by atoms with Gasteiger partial charge in [-0.1, -0.05) is 52.0 Å². The Morgan fingerprint density at radius 2 is 1.80 bits per heavy atom. The molecule has 132 valence electrons. The van der Waals surface area contributed by atoms with Gasteiger partial charge in [0.2, 0.25) is 0 Å². The molecule has 0 bridgehead atoms. The molecular formula is C20H26N4O. The van der Waals surface area contributed by atoms with Crippen LogP contribution in [-0.4, -0.2) is 22.4 Å². The number of hydrogen-bond donors (Lipinski definition) is 2. The van der Waals surface area contributed by atoms with Crippen LogP contribution in [0.25, 0.3) is 0 Å². The molecule has 2 aromatic rings. The van der Waals surface area contributed by atoms with Crippen molar-refractivity contribution in [3.05, 3.63) is 60.1 Å². The lowest BCUT2D eigenvalue weighted by Crippen LogP contribution is -2.17. The average Bonchev–Trinajstić information content (AvgIpc) is 2.59. The Morgan fingerprint density at radius 1 is 1.16 bits per heavy atom. The average molecular weight is 338 g/mol. The maximum absolute atomic E-state index is 12.7. The zero-order valence-corrected chi connectivity index (χ0v) is 15.3. The molecule has 0 aliphatic rings. The molecule has 0 unspecified atom stereocenters. The molecule has 0 saturated carbocycles. The van der Waals surface area contributed by atoms with Crippen molar-refractivity contribution < 1.29 is 4.79 Å². The van der Waals surface area contributed by atoms with E-state index in [1.807, 2.05) is 6.07 Å². The summed E-state index contributed by atoms with van der Waals surface area (Å²) in [4.78, 5) is 21.0. The third-order valence-electron chi connectivity index (χ3n) is 3.94. The quantitative estimate of drug-likeness (QED) is 0.726. The van der Waals surface area contributed by atoms with E-state index in [-0.39, 0.29) is 5.91 Å². The first-order valence-electron chi connectivity index (χ1n) is 8.55. The Morgan fingerprint density at radius 3 is 2.36 bits per heavy atom. The van der Waals surface area contributed by atoms with Crippen molar-refractivity contribution >= 4 is 17.4 Å². The lowest BCUT2D eigenvalue weighted by atomic mass is 9.92. The topological polar surface area (TPSA) is 66.9 Å². The molecule has 0 radical (unpaired) electrons. The van der Waals surface area contributed by atoms with Gasteiger partial charge in [-0.05, 0) is 23.0 Å². The van der Waals surface area contributed by atoms with Crippen molar-refractivity contribution in [2.45, 2.75) is 39.5 Å². The first-order valence-corrected chi connectivity index (χ1v) is 8.55. The summed E-state index contributed by atoms with van der Waals surface area (Å²) in [5.41, 5.74) is 3.46. The molecular weight excluding hydrogens is 312 g/mol. The van der Waals surface area contributed by atoms with Gasteiger partial charge in [-0.3, -0.25) is 4.79 Å². The molecule has 1 amide bonds. The minimum atomic E-state index is -0.237. The number of anilines is 2. The molecule has 0 fully saturated rings. The van der Waals surface area contributed by atoms with Crippen LogP contribution in [0, 0.1) is 0 Å². The number of hydrogen-bond acceptors (Lipinski definition) is 4. The number of aromatic nitrogens is 2. The van der Waals surface area contributed by atoms with Gasteiger partial charge in [-0.15, -0.1) is 6.58 Å². The number of nitrogens with zero attached hydrogens (tertiary/aromatic N) is 2. The van der Waals surface area contributed by atoms with Crippen molar-refractivity contribution in [3.8, 4) is 0 Å². The van der Waals surface area contributed by atoms with Crippen LogP contribution in [-0.2, 0) is 0 Å². The molecule has 0 aliphatic heterocycles. The summed E-state index contributed by atoms with van der Waals surface area (Å²) < 4.78 is 0. The predicted molar refractivity (Wildman–Crippen MR) is 103 cm³/mol. The predicted octanol–water partition coefficient (Wildman–Crippen LogP) is 4.57. The zero-order valence-electron chi connectivity index (χ0n) is 15.3. The summed E-state index contributed by atoms with van der Waals surface area (Å²) in [5, 5.41) is 6.13. The van der Waals surface area contributed by atoms with Crippen molar-refractivity contribution in [3.63, 3.8) is 0 Å². The van der Waals surface area contributed by atoms with Gasteiger partial charge in [-0.25, -0.2) is 9.97 Å². The Bertz CT molecular complexity index is 727. The number of carbonyl (C=O) groups excluding carboxylic acids is 1. The van der Waals surface area contributed by atoms with E-state index in [4.69, 9.17) is 0 Å². The number of para-hydroxylation sites is 1. The van der Waals surface area contributed by atoms with E-state index < -0.39 is 0 Å². The van der Waals surface area contributed by atoms with E-state index in [1.54, 1.807) is 12.1 Å². The lowest BCUT2D eigenvalue weighted by molar-refractivity contribution is 0.102. The molecule has 0 atom stereocenters. The van der Waals surface area contributed by atoms with Crippen molar-refractivity contribution in [2.24, 2.45) is 0 Å². The fourth-order valence-electron chi connectivity index (χ4n) is 2.63. The number of rotatable bonds is 7. The third-order valence-corrected chi connectivity index (χ3v) is 3.94.